The number of aliphatic hydroxyl groups excluding tert-OH is 1. The summed E-state index contributed by atoms with van der Waals surface area (Å²) in [5.41, 5.74) is 5.99. The molecule has 2 rings (SSSR count). The van der Waals surface area contributed by atoms with Crippen LogP contribution in [0, 0.1) is 11.8 Å². The molecule has 0 aliphatic heterocycles. The summed E-state index contributed by atoms with van der Waals surface area (Å²) in [7, 11) is 2.23. The molecule has 0 amide bonds. The number of nitrogens with two attached hydrogens (primary N) is 1. The lowest BCUT2D eigenvalue weighted by atomic mass is 9.75. The van der Waals surface area contributed by atoms with Crippen LogP contribution < -0.4 is 5.73 Å². The highest BCUT2D eigenvalue weighted by molar-refractivity contribution is 4.91. The lowest BCUT2D eigenvalue weighted by Gasteiger charge is -2.46. The van der Waals surface area contributed by atoms with Crippen molar-refractivity contribution in [2.24, 2.45) is 17.6 Å². The van der Waals surface area contributed by atoms with Crippen LogP contribution >= 0.6 is 0 Å². The minimum Gasteiger partial charge on any atom is -0.391 e. The highest BCUT2D eigenvalue weighted by atomic mass is 16.3. The Morgan fingerprint density at radius 3 is 2.47 bits per heavy atom. The Balaban J connectivity index is 2.02. The van der Waals surface area contributed by atoms with Crippen LogP contribution in [-0.4, -0.2) is 41.8 Å². The quantitative estimate of drug-likeness (QED) is 0.823. The molecule has 2 aliphatic rings. The SMILES string of the molecule is CCC1CCC(CN)C(N(C)C2CCCCC2O)C1. The molecule has 2 aliphatic carbocycles. The number of rotatable bonds is 4. The summed E-state index contributed by atoms with van der Waals surface area (Å²) in [5, 5.41) is 10.3. The Bertz CT molecular complexity index is 271. The maximum absolute atomic E-state index is 10.3. The number of hydrogen-bond donors (Lipinski definition) is 2. The van der Waals surface area contributed by atoms with Gasteiger partial charge >= 0.3 is 0 Å². The molecular formula is C16H32N2O. The van der Waals surface area contributed by atoms with Crippen molar-refractivity contribution < 1.29 is 5.11 Å². The Morgan fingerprint density at radius 1 is 1.11 bits per heavy atom. The Hall–Kier alpha value is -0.120. The molecule has 2 saturated carbocycles. The summed E-state index contributed by atoms with van der Waals surface area (Å²) in [6.45, 7) is 3.11. The van der Waals surface area contributed by atoms with Gasteiger partial charge in [0.2, 0.25) is 0 Å². The van der Waals surface area contributed by atoms with Gasteiger partial charge in [-0.15, -0.1) is 0 Å². The molecule has 0 aromatic rings. The molecule has 112 valence electrons. The highest BCUT2D eigenvalue weighted by Gasteiger charge is 2.37. The molecule has 0 bridgehead atoms. The van der Waals surface area contributed by atoms with Crippen molar-refractivity contribution in [3.8, 4) is 0 Å². The van der Waals surface area contributed by atoms with Gasteiger partial charge in [0.05, 0.1) is 6.10 Å². The molecule has 5 unspecified atom stereocenters. The fourth-order valence-electron chi connectivity index (χ4n) is 4.25. The van der Waals surface area contributed by atoms with Gasteiger partial charge in [0.25, 0.3) is 0 Å². The second-order valence-corrected chi connectivity index (χ2v) is 6.74. The molecule has 3 N–H and O–H groups in total. The maximum atomic E-state index is 10.3. The van der Waals surface area contributed by atoms with Gasteiger partial charge in [0, 0.05) is 12.1 Å². The maximum Gasteiger partial charge on any atom is 0.0695 e. The Morgan fingerprint density at radius 2 is 1.84 bits per heavy atom. The van der Waals surface area contributed by atoms with E-state index in [1.165, 1.54) is 38.5 Å². The first-order valence-corrected chi connectivity index (χ1v) is 8.27. The molecule has 0 spiro atoms. The van der Waals surface area contributed by atoms with Gasteiger partial charge in [0.15, 0.2) is 0 Å². The van der Waals surface area contributed by atoms with Gasteiger partial charge in [-0.2, -0.15) is 0 Å². The van der Waals surface area contributed by atoms with Gasteiger partial charge in [-0.1, -0.05) is 32.6 Å². The smallest absolute Gasteiger partial charge is 0.0695 e. The molecule has 0 radical (unpaired) electrons. The molecule has 2 fully saturated rings. The van der Waals surface area contributed by atoms with Gasteiger partial charge in [0.1, 0.15) is 0 Å². The molecule has 0 aromatic carbocycles. The standard InChI is InChI=1S/C16H32N2O/c1-3-12-8-9-13(11-17)15(10-12)18(2)14-6-4-5-7-16(14)19/h12-16,19H,3-11,17H2,1-2H3. The van der Waals surface area contributed by atoms with E-state index in [1.807, 2.05) is 0 Å². The normalized spacial score (nSPS) is 40.6. The van der Waals surface area contributed by atoms with Crippen LogP contribution in [0.5, 0.6) is 0 Å². The predicted octanol–water partition coefficient (Wildman–Crippen LogP) is 2.38. The second kappa shape index (κ2) is 7.05. The van der Waals surface area contributed by atoms with Gasteiger partial charge in [-0.25, -0.2) is 0 Å². The zero-order valence-corrected chi connectivity index (χ0v) is 12.7. The fourth-order valence-corrected chi connectivity index (χ4v) is 4.25. The van der Waals surface area contributed by atoms with E-state index in [2.05, 4.69) is 18.9 Å². The van der Waals surface area contributed by atoms with E-state index in [9.17, 15) is 5.11 Å². The van der Waals surface area contributed by atoms with Gasteiger partial charge in [-0.05, 0) is 51.1 Å². The minimum atomic E-state index is -0.126. The van der Waals surface area contributed by atoms with Crippen LogP contribution in [0.3, 0.4) is 0 Å². The van der Waals surface area contributed by atoms with E-state index in [0.29, 0.717) is 18.0 Å². The molecule has 3 nitrogen and oxygen atoms in total. The van der Waals surface area contributed by atoms with Crippen molar-refractivity contribution in [2.45, 2.75) is 76.5 Å². The third-order valence-corrected chi connectivity index (χ3v) is 5.68. The molecule has 5 atom stereocenters. The Labute approximate surface area is 118 Å². The van der Waals surface area contributed by atoms with Gasteiger partial charge < -0.3 is 10.8 Å². The van der Waals surface area contributed by atoms with Crippen molar-refractivity contribution in [1.29, 1.82) is 0 Å². The minimum absolute atomic E-state index is 0.126. The van der Waals surface area contributed by atoms with Crippen LogP contribution in [0.4, 0.5) is 0 Å². The zero-order chi connectivity index (χ0) is 13.8. The van der Waals surface area contributed by atoms with E-state index in [4.69, 9.17) is 5.73 Å². The van der Waals surface area contributed by atoms with Crippen LogP contribution in [-0.2, 0) is 0 Å². The first kappa shape index (κ1) is 15.3. The first-order valence-electron chi connectivity index (χ1n) is 8.27. The van der Waals surface area contributed by atoms with Crippen LogP contribution in [0.2, 0.25) is 0 Å². The molecule has 19 heavy (non-hydrogen) atoms. The average molecular weight is 268 g/mol. The van der Waals surface area contributed by atoms with E-state index >= 15 is 0 Å². The summed E-state index contributed by atoms with van der Waals surface area (Å²) in [4.78, 5) is 2.49. The van der Waals surface area contributed by atoms with E-state index in [1.54, 1.807) is 0 Å². The van der Waals surface area contributed by atoms with Crippen molar-refractivity contribution in [3.05, 3.63) is 0 Å². The summed E-state index contributed by atoms with van der Waals surface area (Å²) < 4.78 is 0. The third-order valence-electron chi connectivity index (χ3n) is 5.68. The van der Waals surface area contributed by atoms with Crippen molar-refractivity contribution >= 4 is 0 Å². The van der Waals surface area contributed by atoms with Crippen molar-refractivity contribution in [1.82, 2.24) is 4.90 Å². The average Bonchev–Trinajstić information content (AvgIpc) is 2.46. The number of nitrogens with zero attached hydrogens (tertiary/aromatic N) is 1. The van der Waals surface area contributed by atoms with E-state index in [0.717, 1.165) is 25.3 Å². The molecule has 3 heteroatoms. The van der Waals surface area contributed by atoms with E-state index in [-0.39, 0.29) is 6.10 Å². The lowest BCUT2D eigenvalue weighted by molar-refractivity contribution is -0.0161. The molecule has 0 heterocycles. The van der Waals surface area contributed by atoms with Gasteiger partial charge in [-0.3, -0.25) is 4.90 Å². The largest absolute Gasteiger partial charge is 0.391 e. The molecule has 0 saturated heterocycles. The predicted molar refractivity (Wildman–Crippen MR) is 80.0 cm³/mol. The Kier molecular flexibility index (Phi) is 5.67. The molecule has 0 aromatic heterocycles. The summed E-state index contributed by atoms with van der Waals surface area (Å²) in [6.07, 6.45) is 9.64. The second-order valence-electron chi connectivity index (χ2n) is 6.74. The van der Waals surface area contributed by atoms with Crippen LogP contribution in [0.1, 0.15) is 58.3 Å². The summed E-state index contributed by atoms with van der Waals surface area (Å²) in [5.74, 6) is 1.48. The monoisotopic (exact) mass is 268 g/mol. The number of hydrogen-bond acceptors (Lipinski definition) is 3. The van der Waals surface area contributed by atoms with E-state index < -0.39 is 0 Å². The fraction of sp³-hybridized carbons (Fsp3) is 1.00. The third kappa shape index (κ3) is 3.50. The topological polar surface area (TPSA) is 49.5 Å². The number of likely N-dealkylation sites (N-methyl/N-ethyl adjacent to an activating group) is 1. The highest BCUT2D eigenvalue weighted by Crippen LogP contribution is 2.35. The summed E-state index contributed by atoms with van der Waals surface area (Å²) in [6, 6.07) is 0.949. The zero-order valence-electron chi connectivity index (χ0n) is 12.7. The van der Waals surface area contributed by atoms with Crippen LogP contribution in [0.15, 0.2) is 0 Å². The van der Waals surface area contributed by atoms with Crippen molar-refractivity contribution in [3.63, 3.8) is 0 Å². The molecular weight excluding hydrogens is 236 g/mol. The lowest BCUT2D eigenvalue weighted by Crippen LogP contribution is -2.53. The summed E-state index contributed by atoms with van der Waals surface area (Å²) >= 11 is 0. The number of aliphatic hydroxyl groups is 1. The first-order chi connectivity index (χ1) is 9.17. The van der Waals surface area contributed by atoms with Crippen LogP contribution in [0.25, 0.3) is 0 Å². The van der Waals surface area contributed by atoms with Crippen molar-refractivity contribution in [2.75, 3.05) is 13.6 Å².